The Labute approximate surface area is 197 Å². The van der Waals surface area contributed by atoms with Gasteiger partial charge in [-0.05, 0) is 63.5 Å². The minimum absolute atomic E-state index is 0.00987. The topological polar surface area (TPSA) is 103 Å². The SMILES string of the molecule is COc1cc(/C=N\NC(=O)c2ccc(Cl)cc2)cc(Br)c1OCc1cccc([N+](=O)[O-])c1. The van der Waals surface area contributed by atoms with Crippen LogP contribution in [0, 0.1) is 10.1 Å². The molecule has 0 fully saturated rings. The number of halogens is 2. The van der Waals surface area contributed by atoms with E-state index in [0.717, 1.165) is 0 Å². The zero-order chi connectivity index (χ0) is 23.1. The molecule has 3 rings (SSSR count). The molecular formula is C22H17BrClN3O5. The lowest BCUT2D eigenvalue weighted by Gasteiger charge is -2.13. The number of nitrogens with zero attached hydrogens (tertiary/aromatic N) is 2. The van der Waals surface area contributed by atoms with E-state index in [9.17, 15) is 14.9 Å². The van der Waals surface area contributed by atoms with Crippen molar-refractivity contribution in [3.05, 3.63) is 97.0 Å². The van der Waals surface area contributed by atoms with Gasteiger partial charge in [-0.25, -0.2) is 5.43 Å². The molecule has 0 spiro atoms. The van der Waals surface area contributed by atoms with Crippen molar-refractivity contribution in [1.82, 2.24) is 5.43 Å². The lowest BCUT2D eigenvalue weighted by Crippen LogP contribution is -2.17. The maximum Gasteiger partial charge on any atom is 0.271 e. The molecular weight excluding hydrogens is 502 g/mol. The second-order valence-corrected chi connectivity index (χ2v) is 7.75. The van der Waals surface area contributed by atoms with Gasteiger partial charge in [0.1, 0.15) is 6.61 Å². The molecule has 0 saturated carbocycles. The number of hydrogen-bond acceptors (Lipinski definition) is 6. The number of ether oxygens (including phenoxy) is 2. The Balaban J connectivity index is 1.69. The van der Waals surface area contributed by atoms with Crippen LogP contribution in [0.3, 0.4) is 0 Å². The molecule has 3 aromatic rings. The molecule has 1 N–H and O–H groups in total. The van der Waals surface area contributed by atoms with Gasteiger partial charge in [-0.2, -0.15) is 5.10 Å². The molecule has 32 heavy (non-hydrogen) atoms. The first kappa shape index (κ1) is 23.2. The molecule has 0 aliphatic rings. The highest BCUT2D eigenvalue weighted by molar-refractivity contribution is 9.10. The molecule has 0 aliphatic heterocycles. The molecule has 1 amide bonds. The summed E-state index contributed by atoms with van der Waals surface area (Å²) in [6.45, 7) is 0.112. The van der Waals surface area contributed by atoms with E-state index in [2.05, 4.69) is 26.5 Å². The molecule has 10 heteroatoms. The molecule has 164 valence electrons. The van der Waals surface area contributed by atoms with Gasteiger partial charge in [0, 0.05) is 22.7 Å². The van der Waals surface area contributed by atoms with Crippen LogP contribution in [-0.4, -0.2) is 24.2 Å². The average Bonchev–Trinajstić information content (AvgIpc) is 2.78. The molecule has 0 atom stereocenters. The average molecular weight is 519 g/mol. The van der Waals surface area contributed by atoms with Crippen molar-refractivity contribution < 1.29 is 19.2 Å². The van der Waals surface area contributed by atoms with E-state index >= 15 is 0 Å². The van der Waals surface area contributed by atoms with E-state index in [1.54, 1.807) is 48.5 Å². The van der Waals surface area contributed by atoms with Gasteiger partial charge in [0.25, 0.3) is 11.6 Å². The zero-order valence-corrected chi connectivity index (χ0v) is 19.1. The highest BCUT2D eigenvalue weighted by Crippen LogP contribution is 2.37. The van der Waals surface area contributed by atoms with Gasteiger partial charge in [-0.1, -0.05) is 23.7 Å². The Hall–Kier alpha value is -3.43. The number of amides is 1. The number of carbonyl (C=O) groups is 1. The van der Waals surface area contributed by atoms with Gasteiger partial charge in [-0.15, -0.1) is 0 Å². The van der Waals surface area contributed by atoms with Crippen LogP contribution in [0.25, 0.3) is 0 Å². The molecule has 0 radical (unpaired) electrons. The normalized spacial score (nSPS) is 10.7. The number of nitro benzene ring substituents is 1. The van der Waals surface area contributed by atoms with Crippen LogP contribution in [0.2, 0.25) is 5.02 Å². The molecule has 8 nitrogen and oxygen atoms in total. The van der Waals surface area contributed by atoms with E-state index in [4.69, 9.17) is 21.1 Å². The molecule has 3 aromatic carbocycles. The van der Waals surface area contributed by atoms with E-state index in [-0.39, 0.29) is 18.2 Å². The summed E-state index contributed by atoms with van der Waals surface area (Å²) in [5.41, 5.74) is 4.15. The van der Waals surface area contributed by atoms with Gasteiger partial charge >= 0.3 is 0 Å². The van der Waals surface area contributed by atoms with Crippen LogP contribution in [0.5, 0.6) is 11.5 Å². The Morgan fingerprint density at radius 3 is 2.66 bits per heavy atom. The molecule has 0 aromatic heterocycles. The Bertz CT molecular complexity index is 1170. The maximum absolute atomic E-state index is 12.1. The number of benzene rings is 3. The third-order valence-electron chi connectivity index (χ3n) is 4.24. The van der Waals surface area contributed by atoms with Crippen LogP contribution < -0.4 is 14.9 Å². The van der Waals surface area contributed by atoms with Crippen molar-refractivity contribution in [2.75, 3.05) is 7.11 Å². The van der Waals surface area contributed by atoms with Crippen molar-refractivity contribution >= 4 is 45.3 Å². The smallest absolute Gasteiger partial charge is 0.271 e. The number of methoxy groups -OCH3 is 1. The molecule has 0 heterocycles. The lowest BCUT2D eigenvalue weighted by atomic mass is 10.2. The van der Waals surface area contributed by atoms with Crippen LogP contribution in [-0.2, 0) is 6.61 Å². The van der Waals surface area contributed by atoms with Crippen molar-refractivity contribution in [2.45, 2.75) is 6.61 Å². The van der Waals surface area contributed by atoms with Crippen LogP contribution in [0.4, 0.5) is 5.69 Å². The van der Waals surface area contributed by atoms with Gasteiger partial charge in [0.2, 0.25) is 0 Å². The number of rotatable bonds is 8. The first-order valence-electron chi connectivity index (χ1n) is 9.20. The predicted octanol–water partition coefficient (Wildman–Crippen LogP) is 5.36. The van der Waals surface area contributed by atoms with E-state index in [0.29, 0.717) is 37.7 Å². The summed E-state index contributed by atoms with van der Waals surface area (Å²) < 4.78 is 11.8. The number of hydrogen-bond donors (Lipinski definition) is 1. The zero-order valence-electron chi connectivity index (χ0n) is 16.7. The van der Waals surface area contributed by atoms with E-state index in [1.165, 1.54) is 25.5 Å². The molecule has 0 aliphatic carbocycles. The molecule has 0 saturated heterocycles. The third kappa shape index (κ3) is 6.05. The molecule has 0 unspecified atom stereocenters. The quantitative estimate of drug-likeness (QED) is 0.246. The summed E-state index contributed by atoms with van der Waals surface area (Å²) in [5.74, 6) is 0.484. The Morgan fingerprint density at radius 2 is 1.97 bits per heavy atom. The number of nitrogens with one attached hydrogen (secondary N) is 1. The van der Waals surface area contributed by atoms with Crippen molar-refractivity contribution in [1.29, 1.82) is 0 Å². The van der Waals surface area contributed by atoms with Gasteiger partial charge < -0.3 is 9.47 Å². The largest absolute Gasteiger partial charge is 0.493 e. The summed E-state index contributed by atoms with van der Waals surface area (Å²) in [7, 11) is 1.49. The van der Waals surface area contributed by atoms with Crippen molar-refractivity contribution in [3.63, 3.8) is 0 Å². The summed E-state index contributed by atoms with van der Waals surface area (Å²) >= 11 is 9.26. The number of non-ortho nitro benzene ring substituents is 1. The lowest BCUT2D eigenvalue weighted by molar-refractivity contribution is -0.384. The monoisotopic (exact) mass is 517 g/mol. The first-order chi connectivity index (χ1) is 15.4. The summed E-state index contributed by atoms with van der Waals surface area (Å²) in [6, 6.07) is 16.1. The van der Waals surface area contributed by atoms with Gasteiger partial charge in [0.15, 0.2) is 11.5 Å². The van der Waals surface area contributed by atoms with Crippen LogP contribution >= 0.6 is 27.5 Å². The molecule has 0 bridgehead atoms. The highest BCUT2D eigenvalue weighted by Gasteiger charge is 2.13. The first-order valence-corrected chi connectivity index (χ1v) is 10.4. The minimum atomic E-state index is -0.458. The maximum atomic E-state index is 12.1. The third-order valence-corrected chi connectivity index (χ3v) is 5.08. The fourth-order valence-corrected chi connectivity index (χ4v) is 3.40. The number of hydrazone groups is 1. The summed E-state index contributed by atoms with van der Waals surface area (Å²) in [4.78, 5) is 22.6. The predicted molar refractivity (Wildman–Crippen MR) is 125 cm³/mol. The van der Waals surface area contributed by atoms with E-state index < -0.39 is 4.92 Å². The van der Waals surface area contributed by atoms with E-state index in [1.807, 2.05) is 0 Å². The van der Waals surface area contributed by atoms with Crippen LogP contribution in [0.15, 0.2) is 70.2 Å². The second kappa shape index (κ2) is 10.7. The minimum Gasteiger partial charge on any atom is -0.493 e. The van der Waals surface area contributed by atoms with Crippen LogP contribution in [0.1, 0.15) is 21.5 Å². The standard InChI is InChI=1S/C22H17BrClN3O5/c1-31-20-11-15(12-25-26-22(28)16-5-7-17(24)8-6-16)10-19(23)21(20)32-13-14-3-2-4-18(9-14)27(29)30/h2-12H,13H2,1H3,(H,26,28)/b25-12-. The summed E-state index contributed by atoms with van der Waals surface area (Å²) in [6.07, 6.45) is 1.46. The van der Waals surface area contributed by atoms with Crippen molar-refractivity contribution in [3.8, 4) is 11.5 Å². The van der Waals surface area contributed by atoms with Crippen molar-refractivity contribution in [2.24, 2.45) is 5.10 Å². The second-order valence-electron chi connectivity index (χ2n) is 6.46. The fourth-order valence-electron chi connectivity index (χ4n) is 2.70. The number of carbonyl (C=O) groups excluding carboxylic acids is 1. The van der Waals surface area contributed by atoms with Gasteiger partial charge in [0.05, 0.1) is 22.7 Å². The Morgan fingerprint density at radius 1 is 1.22 bits per heavy atom. The van der Waals surface area contributed by atoms with Gasteiger partial charge in [-0.3, -0.25) is 14.9 Å². The number of nitro groups is 1. The Kier molecular flexibility index (Phi) is 7.80. The summed E-state index contributed by atoms with van der Waals surface area (Å²) in [5, 5.41) is 15.4. The fraction of sp³-hybridized carbons (Fsp3) is 0.0909. The highest BCUT2D eigenvalue weighted by atomic mass is 79.9.